The van der Waals surface area contributed by atoms with Crippen LogP contribution in [-0.2, 0) is 21.0 Å². The van der Waals surface area contributed by atoms with Gasteiger partial charge in [-0.15, -0.1) is 11.3 Å². The number of aliphatic hydroxyl groups is 1. The van der Waals surface area contributed by atoms with Gasteiger partial charge >= 0.3 is 0 Å². The van der Waals surface area contributed by atoms with Gasteiger partial charge in [0.2, 0.25) is 0 Å². The largest absolute Gasteiger partial charge is 0.410 e. The van der Waals surface area contributed by atoms with Gasteiger partial charge in [0, 0.05) is 21.7 Å². The number of ether oxygens (including phenoxy) is 1. The number of hydrogen-bond donors (Lipinski definition) is 1. The Morgan fingerprint density at radius 3 is 2.29 bits per heavy atom. The van der Waals surface area contributed by atoms with Gasteiger partial charge in [0.25, 0.3) is 0 Å². The number of pyridine rings is 1. The van der Waals surface area contributed by atoms with Crippen molar-refractivity contribution in [2.45, 2.75) is 137 Å². The first-order chi connectivity index (χ1) is 18.7. The Morgan fingerprint density at radius 1 is 1.12 bits per heavy atom. The number of aromatic nitrogens is 2. The first-order valence-corrected chi connectivity index (χ1v) is 19.1. The van der Waals surface area contributed by atoms with Crippen molar-refractivity contribution < 1.29 is 14.3 Å². The average molecular weight is 599 g/mol. The van der Waals surface area contributed by atoms with Crippen LogP contribution in [0.15, 0.2) is 6.08 Å². The summed E-state index contributed by atoms with van der Waals surface area (Å²) in [6.45, 7) is 30.7. The lowest BCUT2D eigenvalue weighted by molar-refractivity contribution is 0.105. The normalized spacial score (nSPS) is 20.7. The quantitative estimate of drug-likeness (QED) is 0.336. The van der Waals surface area contributed by atoms with E-state index in [-0.39, 0.29) is 27.9 Å². The van der Waals surface area contributed by atoms with Crippen molar-refractivity contribution in [3.05, 3.63) is 49.7 Å². The van der Waals surface area contributed by atoms with Crippen LogP contribution in [0, 0.1) is 12.3 Å². The molecule has 2 atom stereocenters. The molecule has 0 radical (unpaired) electrons. The number of aliphatic hydroxyl groups excluding tert-OH is 1. The molecule has 5 nitrogen and oxygen atoms in total. The highest BCUT2D eigenvalue weighted by Crippen LogP contribution is 2.52. The topological polar surface area (TPSA) is 64.5 Å². The minimum absolute atomic E-state index is 0.0333. The summed E-state index contributed by atoms with van der Waals surface area (Å²) in [6, 6.07) is 0. The minimum atomic E-state index is -2.11. The summed E-state index contributed by atoms with van der Waals surface area (Å²) in [7, 11) is -2.11. The van der Waals surface area contributed by atoms with Crippen LogP contribution >= 0.6 is 11.3 Å². The third kappa shape index (κ3) is 6.59. The Morgan fingerprint density at radius 2 is 1.78 bits per heavy atom. The summed E-state index contributed by atoms with van der Waals surface area (Å²) in [5, 5.41) is 13.1. The van der Waals surface area contributed by atoms with Crippen LogP contribution in [0.1, 0.15) is 144 Å². The van der Waals surface area contributed by atoms with Crippen LogP contribution in [0.4, 0.5) is 0 Å². The highest BCUT2D eigenvalue weighted by Gasteiger charge is 2.45. The summed E-state index contributed by atoms with van der Waals surface area (Å²) in [6.07, 6.45) is 3.94. The van der Waals surface area contributed by atoms with E-state index < -0.39 is 14.4 Å². The molecule has 1 aliphatic carbocycles. The van der Waals surface area contributed by atoms with Crippen LogP contribution in [0.2, 0.25) is 18.1 Å². The van der Waals surface area contributed by atoms with Crippen molar-refractivity contribution in [1.29, 1.82) is 0 Å². The summed E-state index contributed by atoms with van der Waals surface area (Å²) < 4.78 is 13.1. The molecule has 4 rings (SSSR count). The van der Waals surface area contributed by atoms with Gasteiger partial charge in [-0.2, -0.15) is 0 Å². The lowest BCUT2D eigenvalue weighted by Crippen LogP contribution is -2.44. The first-order valence-electron chi connectivity index (χ1n) is 15.4. The molecule has 0 aromatic carbocycles. The number of thiazole rings is 1. The van der Waals surface area contributed by atoms with Gasteiger partial charge in [-0.25, -0.2) is 4.98 Å². The highest BCUT2D eigenvalue weighted by atomic mass is 32.1. The lowest BCUT2D eigenvalue weighted by Gasteiger charge is -2.45. The fourth-order valence-electron chi connectivity index (χ4n) is 6.10. The maximum Gasteiger partial charge on any atom is 0.192 e. The Hall–Kier alpha value is -1.38. The number of rotatable bonds is 6. The Bertz CT molecular complexity index is 1310. The average Bonchev–Trinajstić information content (AvgIpc) is 3.23. The van der Waals surface area contributed by atoms with Crippen molar-refractivity contribution in [3.63, 3.8) is 0 Å². The zero-order valence-corrected chi connectivity index (χ0v) is 29.7. The SMILES string of the molecule is Cc1nc([C@@H](O)c2c(C(C)C)nc3c(c2C2=CCOCC2)C(O[Si](C)(C)C(C)(C)C)CC(C)(C)C3)sc1C(C)(C)C. The van der Waals surface area contributed by atoms with Gasteiger partial charge in [-0.3, -0.25) is 4.98 Å². The van der Waals surface area contributed by atoms with E-state index in [0.717, 1.165) is 52.5 Å². The van der Waals surface area contributed by atoms with E-state index in [1.807, 2.05) is 0 Å². The van der Waals surface area contributed by atoms with Crippen molar-refractivity contribution in [2.75, 3.05) is 13.2 Å². The van der Waals surface area contributed by atoms with Crippen LogP contribution in [0.25, 0.3) is 5.57 Å². The molecule has 1 unspecified atom stereocenters. The van der Waals surface area contributed by atoms with E-state index in [1.54, 1.807) is 11.3 Å². The molecule has 0 saturated carbocycles. The smallest absolute Gasteiger partial charge is 0.192 e. The molecule has 2 aliphatic rings. The number of aryl methyl sites for hydroxylation is 1. The van der Waals surface area contributed by atoms with Crippen molar-refractivity contribution in [2.24, 2.45) is 5.41 Å². The molecular weight excluding hydrogens is 545 g/mol. The van der Waals surface area contributed by atoms with Crippen molar-refractivity contribution in [3.8, 4) is 0 Å². The number of hydrogen-bond acceptors (Lipinski definition) is 6. The number of fused-ring (bicyclic) bond motifs is 1. The van der Waals surface area contributed by atoms with Gasteiger partial charge in [-0.05, 0) is 72.2 Å². The second-order valence-electron chi connectivity index (χ2n) is 15.9. The van der Waals surface area contributed by atoms with E-state index in [2.05, 4.69) is 95.3 Å². The van der Waals surface area contributed by atoms with E-state index in [4.69, 9.17) is 19.1 Å². The van der Waals surface area contributed by atoms with E-state index in [0.29, 0.717) is 13.2 Å². The van der Waals surface area contributed by atoms with Gasteiger partial charge in [0.15, 0.2) is 8.32 Å². The second-order valence-corrected chi connectivity index (χ2v) is 21.7. The summed E-state index contributed by atoms with van der Waals surface area (Å²) in [5.74, 6) is 0.150. The van der Waals surface area contributed by atoms with Crippen molar-refractivity contribution >= 4 is 25.2 Å². The molecule has 1 aliphatic heterocycles. The van der Waals surface area contributed by atoms with Crippen LogP contribution in [0.3, 0.4) is 0 Å². The minimum Gasteiger partial charge on any atom is -0.410 e. The Labute approximate surface area is 254 Å². The van der Waals surface area contributed by atoms with E-state index >= 15 is 0 Å². The van der Waals surface area contributed by atoms with Gasteiger partial charge < -0.3 is 14.3 Å². The summed E-state index contributed by atoms with van der Waals surface area (Å²) >= 11 is 1.64. The molecule has 2 aromatic rings. The monoisotopic (exact) mass is 598 g/mol. The molecular formula is C34H54N2O3SSi. The Kier molecular flexibility index (Phi) is 8.95. The third-order valence-corrected chi connectivity index (χ3v) is 15.3. The fourth-order valence-corrected chi connectivity index (χ4v) is 8.48. The molecule has 0 saturated heterocycles. The molecule has 228 valence electrons. The third-order valence-electron chi connectivity index (χ3n) is 9.16. The zero-order valence-electron chi connectivity index (χ0n) is 27.9. The predicted octanol–water partition coefficient (Wildman–Crippen LogP) is 9.19. The zero-order chi connectivity index (χ0) is 30.7. The molecule has 0 amide bonds. The van der Waals surface area contributed by atoms with E-state index in [9.17, 15) is 5.11 Å². The Balaban J connectivity index is 2.04. The molecule has 3 heterocycles. The highest BCUT2D eigenvalue weighted by molar-refractivity contribution is 7.12. The first kappa shape index (κ1) is 32.5. The maximum atomic E-state index is 12.3. The van der Waals surface area contributed by atoms with Gasteiger partial charge in [0.05, 0.1) is 30.7 Å². The van der Waals surface area contributed by atoms with Crippen molar-refractivity contribution in [1.82, 2.24) is 9.97 Å². The summed E-state index contributed by atoms with van der Waals surface area (Å²) in [4.78, 5) is 11.6. The molecule has 0 fully saturated rings. The molecule has 0 spiro atoms. The fraction of sp³-hybridized carbons (Fsp3) is 0.706. The summed E-state index contributed by atoms with van der Waals surface area (Å²) in [5.41, 5.74) is 7.67. The standard InChI is InChI=1S/C34H54N2O3SSi/c1-20(2)28-27(29(37)31-35-21(3)30(40-31)32(4,5)6)25(22-14-16-38-17-15-22)26-23(36-28)18-34(10,11)19-24(26)39-41(12,13)33(7,8)9/h14,20,24,29,37H,15-19H2,1-13H3/t24?,29-/m0/s1. The van der Waals surface area contributed by atoms with Gasteiger partial charge in [0.1, 0.15) is 11.1 Å². The van der Waals surface area contributed by atoms with Crippen LogP contribution in [-0.4, -0.2) is 36.6 Å². The molecule has 1 N–H and O–H groups in total. The predicted molar refractivity (Wildman–Crippen MR) is 174 cm³/mol. The second kappa shape index (κ2) is 11.3. The molecule has 0 bridgehead atoms. The molecule has 2 aromatic heterocycles. The maximum absolute atomic E-state index is 12.3. The van der Waals surface area contributed by atoms with E-state index in [1.165, 1.54) is 16.0 Å². The molecule has 7 heteroatoms. The van der Waals surface area contributed by atoms with Crippen LogP contribution in [0.5, 0.6) is 0 Å². The lowest BCUT2D eigenvalue weighted by atomic mass is 9.71. The van der Waals surface area contributed by atoms with Crippen LogP contribution < -0.4 is 0 Å². The number of nitrogens with zero attached hydrogens (tertiary/aromatic N) is 2. The van der Waals surface area contributed by atoms with Gasteiger partial charge in [-0.1, -0.05) is 75.3 Å². The molecule has 41 heavy (non-hydrogen) atoms.